The number of nitrogens with zero attached hydrogens (tertiary/aromatic N) is 7. The summed E-state index contributed by atoms with van der Waals surface area (Å²) in [4.78, 5) is 27.0. The number of fused-ring (bicyclic) bond motifs is 1. The summed E-state index contributed by atoms with van der Waals surface area (Å²) in [6.45, 7) is 6.35. The lowest BCUT2D eigenvalue weighted by Crippen LogP contribution is -2.40. The molecular formula is C19H24FN9O2. The van der Waals surface area contributed by atoms with Gasteiger partial charge in [-0.2, -0.15) is 9.97 Å². The summed E-state index contributed by atoms with van der Waals surface area (Å²) in [6, 6.07) is -0.671. The maximum absolute atomic E-state index is 14.6. The Morgan fingerprint density at radius 2 is 2.23 bits per heavy atom. The Morgan fingerprint density at radius 1 is 1.42 bits per heavy atom. The van der Waals surface area contributed by atoms with Gasteiger partial charge in [0, 0.05) is 20.1 Å². The second-order valence-electron chi connectivity index (χ2n) is 7.17. The lowest BCUT2D eigenvalue weighted by Gasteiger charge is -2.17. The summed E-state index contributed by atoms with van der Waals surface area (Å²) >= 11 is 0. The Kier molecular flexibility index (Phi) is 5.44. The molecule has 4 rings (SSSR count). The number of halogens is 1. The van der Waals surface area contributed by atoms with E-state index in [9.17, 15) is 9.18 Å². The highest BCUT2D eigenvalue weighted by Crippen LogP contribution is 2.30. The molecule has 1 fully saturated rings. The van der Waals surface area contributed by atoms with Crippen molar-refractivity contribution in [3.8, 4) is 5.88 Å². The van der Waals surface area contributed by atoms with Crippen LogP contribution in [0, 0.1) is 0 Å². The van der Waals surface area contributed by atoms with Gasteiger partial charge in [0.2, 0.25) is 11.9 Å². The number of anilines is 3. The van der Waals surface area contributed by atoms with Crippen LogP contribution < -0.4 is 20.3 Å². The van der Waals surface area contributed by atoms with Crippen LogP contribution in [0.15, 0.2) is 25.2 Å². The minimum Gasteiger partial charge on any atom is -0.478 e. The highest BCUT2D eigenvalue weighted by Gasteiger charge is 2.35. The SMILES string of the molecule is C=CC(=O)NC1CN(c2nc(Nc3cn(C)nc3OC)c3ncn(CC)c3n2)CC1F. The van der Waals surface area contributed by atoms with Crippen molar-refractivity contribution in [3.05, 3.63) is 25.2 Å². The van der Waals surface area contributed by atoms with Gasteiger partial charge in [-0.3, -0.25) is 9.48 Å². The predicted molar refractivity (Wildman–Crippen MR) is 113 cm³/mol. The zero-order chi connectivity index (χ0) is 22.1. The van der Waals surface area contributed by atoms with Gasteiger partial charge in [-0.25, -0.2) is 9.37 Å². The molecule has 0 aliphatic carbocycles. The smallest absolute Gasteiger partial charge is 0.256 e. The van der Waals surface area contributed by atoms with Crippen molar-refractivity contribution < 1.29 is 13.9 Å². The van der Waals surface area contributed by atoms with Gasteiger partial charge in [-0.15, -0.1) is 5.10 Å². The molecular weight excluding hydrogens is 405 g/mol. The summed E-state index contributed by atoms with van der Waals surface area (Å²) in [5.74, 6) is 0.780. The number of alkyl halides is 1. The molecule has 2 unspecified atom stereocenters. The summed E-state index contributed by atoms with van der Waals surface area (Å²) in [5, 5.41) is 10.1. The number of amides is 1. The van der Waals surface area contributed by atoms with Crippen LogP contribution in [0.25, 0.3) is 11.2 Å². The molecule has 164 valence electrons. The predicted octanol–water partition coefficient (Wildman–Crippen LogP) is 1.16. The van der Waals surface area contributed by atoms with Crippen molar-refractivity contribution in [1.29, 1.82) is 0 Å². The van der Waals surface area contributed by atoms with E-state index in [0.29, 0.717) is 41.0 Å². The zero-order valence-electron chi connectivity index (χ0n) is 17.5. The highest BCUT2D eigenvalue weighted by atomic mass is 19.1. The minimum absolute atomic E-state index is 0.0590. The Hall–Kier alpha value is -3.70. The average Bonchev–Trinajstić information content (AvgIpc) is 3.44. The number of carbonyl (C=O) groups is 1. The number of aromatic nitrogens is 6. The van der Waals surface area contributed by atoms with E-state index in [1.807, 2.05) is 11.5 Å². The molecule has 11 nitrogen and oxygen atoms in total. The van der Waals surface area contributed by atoms with Crippen molar-refractivity contribution in [2.24, 2.45) is 7.05 Å². The highest BCUT2D eigenvalue weighted by molar-refractivity contribution is 5.88. The van der Waals surface area contributed by atoms with Crippen LogP contribution in [0.1, 0.15) is 6.92 Å². The molecule has 3 aromatic rings. The lowest BCUT2D eigenvalue weighted by atomic mass is 10.2. The van der Waals surface area contributed by atoms with Gasteiger partial charge in [0.15, 0.2) is 17.0 Å². The van der Waals surface area contributed by atoms with Gasteiger partial charge in [0.05, 0.1) is 32.2 Å². The first kappa shape index (κ1) is 20.6. The van der Waals surface area contributed by atoms with Crippen LogP contribution in [-0.4, -0.2) is 67.6 Å². The van der Waals surface area contributed by atoms with Gasteiger partial charge in [-0.05, 0) is 13.0 Å². The normalized spacial score (nSPS) is 18.4. The van der Waals surface area contributed by atoms with E-state index in [0.717, 1.165) is 6.08 Å². The van der Waals surface area contributed by atoms with Crippen molar-refractivity contribution in [1.82, 2.24) is 34.6 Å². The van der Waals surface area contributed by atoms with E-state index in [4.69, 9.17) is 4.74 Å². The number of rotatable bonds is 7. The maximum atomic E-state index is 14.6. The third-order valence-electron chi connectivity index (χ3n) is 5.08. The minimum atomic E-state index is -1.26. The number of aryl methyl sites for hydroxylation is 2. The number of carbonyl (C=O) groups excluding carboxylic acids is 1. The quantitative estimate of drug-likeness (QED) is 0.538. The molecule has 0 bridgehead atoms. The number of methoxy groups -OCH3 is 1. The Morgan fingerprint density at radius 3 is 2.94 bits per heavy atom. The molecule has 2 atom stereocenters. The molecule has 4 heterocycles. The first-order chi connectivity index (χ1) is 14.9. The second kappa shape index (κ2) is 8.20. The van der Waals surface area contributed by atoms with Crippen LogP contribution in [0.3, 0.4) is 0 Å². The molecule has 0 spiro atoms. The summed E-state index contributed by atoms with van der Waals surface area (Å²) in [5.41, 5.74) is 1.80. The monoisotopic (exact) mass is 429 g/mol. The van der Waals surface area contributed by atoms with E-state index in [1.54, 1.807) is 29.2 Å². The fourth-order valence-electron chi connectivity index (χ4n) is 3.53. The Labute approximate surface area is 177 Å². The molecule has 3 aromatic heterocycles. The van der Waals surface area contributed by atoms with Crippen LogP contribution in [0.5, 0.6) is 5.88 Å². The lowest BCUT2D eigenvalue weighted by molar-refractivity contribution is -0.117. The first-order valence-electron chi connectivity index (χ1n) is 9.83. The first-order valence-corrected chi connectivity index (χ1v) is 9.83. The molecule has 1 aliphatic rings. The number of nitrogens with one attached hydrogen (secondary N) is 2. The van der Waals surface area contributed by atoms with Crippen LogP contribution in [-0.2, 0) is 18.4 Å². The average molecular weight is 429 g/mol. The molecule has 0 saturated carbocycles. The van der Waals surface area contributed by atoms with Crippen molar-refractivity contribution in [2.45, 2.75) is 25.7 Å². The van der Waals surface area contributed by atoms with E-state index >= 15 is 0 Å². The third-order valence-corrected chi connectivity index (χ3v) is 5.08. The molecule has 1 amide bonds. The summed E-state index contributed by atoms with van der Waals surface area (Å²) in [6.07, 6.45) is 3.32. The number of hydrogen-bond acceptors (Lipinski definition) is 8. The fraction of sp³-hybridized carbons (Fsp3) is 0.421. The summed E-state index contributed by atoms with van der Waals surface area (Å²) in [7, 11) is 3.31. The van der Waals surface area contributed by atoms with Crippen LogP contribution in [0.4, 0.5) is 21.8 Å². The molecule has 2 N–H and O–H groups in total. The Balaban J connectivity index is 1.71. The topological polar surface area (TPSA) is 115 Å². The molecule has 0 aromatic carbocycles. The molecule has 12 heteroatoms. The molecule has 0 radical (unpaired) electrons. The number of hydrogen-bond donors (Lipinski definition) is 2. The number of imidazole rings is 1. The van der Waals surface area contributed by atoms with Gasteiger partial charge in [0.25, 0.3) is 5.88 Å². The van der Waals surface area contributed by atoms with Crippen molar-refractivity contribution in [3.63, 3.8) is 0 Å². The van der Waals surface area contributed by atoms with Gasteiger partial charge in [-0.1, -0.05) is 6.58 Å². The van der Waals surface area contributed by atoms with Crippen molar-refractivity contribution in [2.75, 3.05) is 30.4 Å². The van der Waals surface area contributed by atoms with E-state index in [1.165, 1.54) is 7.11 Å². The third kappa shape index (κ3) is 3.88. The van der Waals surface area contributed by atoms with E-state index in [2.05, 4.69) is 37.3 Å². The van der Waals surface area contributed by atoms with E-state index < -0.39 is 18.1 Å². The van der Waals surface area contributed by atoms with Crippen LogP contribution >= 0.6 is 0 Å². The summed E-state index contributed by atoms with van der Waals surface area (Å²) < 4.78 is 23.4. The fourth-order valence-corrected chi connectivity index (χ4v) is 3.53. The molecule has 1 aliphatic heterocycles. The Bertz CT molecular complexity index is 1130. The van der Waals surface area contributed by atoms with E-state index in [-0.39, 0.29) is 13.1 Å². The van der Waals surface area contributed by atoms with Gasteiger partial charge in [0.1, 0.15) is 11.9 Å². The standard InChI is InChI=1S/C19H24FN9O2/c1-5-14(30)22-12-9-29(7-11(12)20)19-24-16(15-17(25-19)28(6-2)10-21-15)23-13-8-27(3)26-18(13)31-4/h5,8,10-12H,1,6-7,9H2,2-4H3,(H,22,30)(H,23,24,25). The van der Waals surface area contributed by atoms with Gasteiger partial charge < -0.3 is 24.8 Å². The van der Waals surface area contributed by atoms with Crippen LogP contribution in [0.2, 0.25) is 0 Å². The van der Waals surface area contributed by atoms with Gasteiger partial charge >= 0.3 is 0 Å². The van der Waals surface area contributed by atoms with Crippen molar-refractivity contribution >= 4 is 34.5 Å². The largest absolute Gasteiger partial charge is 0.478 e. The number of ether oxygens (including phenoxy) is 1. The maximum Gasteiger partial charge on any atom is 0.256 e. The second-order valence-corrected chi connectivity index (χ2v) is 7.17. The zero-order valence-corrected chi connectivity index (χ0v) is 17.5. The molecule has 1 saturated heterocycles. The molecule has 31 heavy (non-hydrogen) atoms.